The minimum atomic E-state index is -4.37. The molecule has 1 aliphatic heterocycles. The number of halogens is 3. The summed E-state index contributed by atoms with van der Waals surface area (Å²) in [5.74, 6) is -0.0827. The second-order valence-corrected chi connectivity index (χ2v) is 5.33. The van der Waals surface area contributed by atoms with E-state index in [1.807, 2.05) is 0 Å². The van der Waals surface area contributed by atoms with Gasteiger partial charge in [0.05, 0.1) is 6.10 Å². The summed E-state index contributed by atoms with van der Waals surface area (Å²) >= 11 is 0. The second-order valence-electron chi connectivity index (χ2n) is 5.33. The van der Waals surface area contributed by atoms with Crippen LogP contribution in [-0.2, 0) is 16.1 Å². The molecule has 0 bridgehead atoms. The van der Waals surface area contributed by atoms with Gasteiger partial charge in [-0.25, -0.2) is 0 Å². The number of hydrogen-bond donors (Lipinski definition) is 2. The van der Waals surface area contributed by atoms with Gasteiger partial charge in [-0.05, 0) is 30.5 Å². The fourth-order valence-electron chi connectivity index (χ4n) is 2.24. The first kappa shape index (κ1) is 17.6. The van der Waals surface area contributed by atoms with Crippen molar-refractivity contribution in [2.75, 3.05) is 13.2 Å². The second kappa shape index (κ2) is 7.65. The summed E-state index contributed by atoms with van der Waals surface area (Å²) in [5, 5.41) is 2.74. The summed E-state index contributed by atoms with van der Waals surface area (Å²) in [6.07, 6.45) is -3.53. The van der Waals surface area contributed by atoms with Gasteiger partial charge in [0.25, 0.3) is 0 Å². The Morgan fingerprint density at radius 3 is 2.57 bits per heavy atom. The number of benzene rings is 1. The molecule has 1 aromatic carbocycles. The molecular formula is C15H19F3N2O3. The molecule has 128 valence electrons. The van der Waals surface area contributed by atoms with E-state index in [1.54, 1.807) is 12.1 Å². The van der Waals surface area contributed by atoms with Crippen molar-refractivity contribution in [1.29, 1.82) is 0 Å². The van der Waals surface area contributed by atoms with E-state index in [0.29, 0.717) is 13.0 Å². The van der Waals surface area contributed by atoms with E-state index in [4.69, 9.17) is 10.5 Å². The molecule has 1 fully saturated rings. The molecule has 0 aliphatic carbocycles. The monoisotopic (exact) mass is 332 g/mol. The Morgan fingerprint density at radius 2 is 2.00 bits per heavy atom. The molecule has 0 unspecified atom stereocenters. The standard InChI is InChI=1S/C15H19F3N2O3/c16-15(17,18)9-22-11-3-1-10(2-4-11)8-20-14(21)13-6-5-12(7-19)23-13/h1-4,12-13H,5-9,19H2,(H,20,21)/t12-,13+/m1/s1. The molecule has 2 rings (SSSR count). The van der Waals surface area contributed by atoms with Crippen LogP contribution in [0.2, 0.25) is 0 Å². The molecule has 1 amide bonds. The highest BCUT2D eigenvalue weighted by Crippen LogP contribution is 2.20. The Balaban J connectivity index is 1.76. The largest absolute Gasteiger partial charge is 0.484 e. The minimum absolute atomic E-state index is 0.0733. The lowest BCUT2D eigenvalue weighted by molar-refractivity contribution is -0.153. The van der Waals surface area contributed by atoms with Gasteiger partial charge >= 0.3 is 6.18 Å². The highest BCUT2D eigenvalue weighted by atomic mass is 19.4. The first-order chi connectivity index (χ1) is 10.9. The molecule has 2 atom stereocenters. The Kier molecular flexibility index (Phi) is 5.84. The average molecular weight is 332 g/mol. The normalized spacial score (nSPS) is 21.2. The quantitative estimate of drug-likeness (QED) is 0.832. The highest BCUT2D eigenvalue weighted by molar-refractivity contribution is 5.81. The van der Waals surface area contributed by atoms with E-state index in [2.05, 4.69) is 10.1 Å². The number of ether oxygens (including phenoxy) is 2. The third-order valence-corrected chi connectivity index (χ3v) is 3.46. The SMILES string of the molecule is NC[C@H]1CC[C@@H](C(=O)NCc2ccc(OCC(F)(F)F)cc2)O1. The first-order valence-electron chi connectivity index (χ1n) is 7.29. The third kappa shape index (κ3) is 5.72. The van der Waals surface area contributed by atoms with Crippen LogP contribution in [0, 0.1) is 0 Å². The number of hydrogen-bond acceptors (Lipinski definition) is 4. The summed E-state index contributed by atoms with van der Waals surface area (Å²) in [6.45, 7) is -0.668. The van der Waals surface area contributed by atoms with Gasteiger partial charge < -0.3 is 20.5 Å². The van der Waals surface area contributed by atoms with Gasteiger partial charge in [-0.1, -0.05) is 12.1 Å². The molecule has 0 aromatic heterocycles. The number of alkyl halides is 3. The van der Waals surface area contributed by atoms with E-state index in [-0.39, 0.29) is 24.3 Å². The van der Waals surface area contributed by atoms with Crippen LogP contribution in [0.4, 0.5) is 13.2 Å². The van der Waals surface area contributed by atoms with Crippen LogP contribution in [0.25, 0.3) is 0 Å². The van der Waals surface area contributed by atoms with Crippen molar-refractivity contribution in [3.8, 4) is 5.75 Å². The van der Waals surface area contributed by atoms with Crippen molar-refractivity contribution in [2.45, 2.75) is 37.8 Å². The smallest absolute Gasteiger partial charge is 0.422 e. The molecule has 3 N–H and O–H groups in total. The number of rotatable bonds is 6. The van der Waals surface area contributed by atoms with E-state index in [1.165, 1.54) is 12.1 Å². The lowest BCUT2D eigenvalue weighted by Gasteiger charge is -2.13. The number of carbonyl (C=O) groups excluding carboxylic acids is 1. The minimum Gasteiger partial charge on any atom is -0.484 e. The first-order valence-corrected chi connectivity index (χ1v) is 7.29. The lowest BCUT2D eigenvalue weighted by atomic mass is 10.1. The molecule has 23 heavy (non-hydrogen) atoms. The van der Waals surface area contributed by atoms with Crippen LogP contribution in [-0.4, -0.2) is 37.4 Å². The average Bonchev–Trinajstić information content (AvgIpc) is 3.00. The molecule has 1 saturated heterocycles. The van der Waals surface area contributed by atoms with E-state index >= 15 is 0 Å². The maximum Gasteiger partial charge on any atom is 0.422 e. The van der Waals surface area contributed by atoms with Crippen molar-refractivity contribution in [2.24, 2.45) is 5.73 Å². The Morgan fingerprint density at radius 1 is 1.30 bits per heavy atom. The fraction of sp³-hybridized carbons (Fsp3) is 0.533. The zero-order valence-corrected chi connectivity index (χ0v) is 12.4. The third-order valence-electron chi connectivity index (χ3n) is 3.46. The zero-order valence-electron chi connectivity index (χ0n) is 12.4. The maximum absolute atomic E-state index is 12.0. The van der Waals surface area contributed by atoms with Gasteiger partial charge in [-0.2, -0.15) is 13.2 Å². The Hall–Kier alpha value is -1.80. The van der Waals surface area contributed by atoms with Crippen molar-refractivity contribution < 1.29 is 27.4 Å². The number of amides is 1. The van der Waals surface area contributed by atoms with E-state index in [9.17, 15) is 18.0 Å². The number of nitrogens with two attached hydrogens (primary N) is 1. The van der Waals surface area contributed by atoms with Crippen LogP contribution in [0.3, 0.4) is 0 Å². The lowest BCUT2D eigenvalue weighted by Crippen LogP contribution is -2.35. The summed E-state index contributed by atoms with van der Waals surface area (Å²) in [6, 6.07) is 6.07. The predicted molar refractivity (Wildman–Crippen MR) is 76.8 cm³/mol. The summed E-state index contributed by atoms with van der Waals surface area (Å²) in [5.41, 5.74) is 6.24. The number of carbonyl (C=O) groups is 1. The Labute approximate surface area is 131 Å². The molecule has 0 spiro atoms. The summed E-state index contributed by atoms with van der Waals surface area (Å²) in [7, 11) is 0. The summed E-state index contributed by atoms with van der Waals surface area (Å²) < 4.78 is 46.2. The molecule has 5 nitrogen and oxygen atoms in total. The van der Waals surface area contributed by atoms with Crippen molar-refractivity contribution in [3.63, 3.8) is 0 Å². The maximum atomic E-state index is 12.0. The van der Waals surface area contributed by atoms with Crippen molar-refractivity contribution in [3.05, 3.63) is 29.8 Å². The van der Waals surface area contributed by atoms with Crippen LogP contribution < -0.4 is 15.8 Å². The van der Waals surface area contributed by atoms with Crippen LogP contribution >= 0.6 is 0 Å². The molecule has 8 heteroatoms. The van der Waals surface area contributed by atoms with Gasteiger partial charge in [0.2, 0.25) is 5.91 Å². The van der Waals surface area contributed by atoms with Crippen LogP contribution in [0.15, 0.2) is 24.3 Å². The highest BCUT2D eigenvalue weighted by Gasteiger charge is 2.30. The molecule has 1 aromatic rings. The van der Waals surface area contributed by atoms with E-state index in [0.717, 1.165) is 12.0 Å². The summed E-state index contributed by atoms with van der Waals surface area (Å²) in [4.78, 5) is 11.9. The Bertz CT molecular complexity index is 520. The fourth-order valence-corrected chi connectivity index (χ4v) is 2.24. The zero-order chi connectivity index (χ0) is 16.9. The topological polar surface area (TPSA) is 73.6 Å². The van der Waals surface area contributed by atoms with Crippen molar-refractivity contribution in [1.82, 2.24) is 5.32 Å². The molecular weight excluding hydrogens is 313 g/mol. The van der Waals surface area contributed by atoms with Gasteiger partial charge in [-0.15, -0.1) is 0 Å². The molecule has 1 heterocycles. The van der Waals surface area contributed by atoms with Gasteiger partial charge in [-0.3, -0.25) is 4.79 Å². The van der Waals surface area contributed by atoms with Gasteiger partial charge in [0.15, 0.2) is 6.61 Å². The molecule has 1 aliphatic rings. The molecule has 0 saturated carbocycles. The molecule has 0 radical (unpaired) electrons. The van der Waals surface area contributed by atoms with Gasteiger partial charge in [0.1, 0.15) is 11.9 Å². The van der Waals surface area contributed by atoms with E-state index < -0.39 is 18.9 Å². The van der Waals surface area contributed by atoms with Gasteiger partial charge in [0, 0.05) is 13.1 Å². The van der Waals surface area contributed by atoms with Crippen LogP contribution in [0.5, 0.6) is 5.75 Å². The van der Waals surface area contributed by atoms with Crippen molar-refractivity contribution >= 4 is 5.91 Å². The number of nitrogens with one attached hydrogen (secondary N) is 1. The van der Waals surface area contributed by atoms with Crippen LogP contribution in [0.1, 0.15) is 18.4 Å². The predicted octanol–water partition coefficient (Wildman–Crippen LogP) is 1.75.